The Morgan fingerprint density at radius 1 is 1.16 bits per heavy atom. The fourth-order valence-electron chi connectivity index (χ4n) is 2.11. The summed E-state index contributed by atoms with van der Waals surface area (Å²) < 4.78 is 20.3. The minimum atomic E-state index is -0.385. The van der Waals surface area contributed by atoms with Crippen molar-refractivity contribution in [1.29, 1.82) is 0 Å². The Bertz CT molecular complexity index is 856. The van der Waals surface area contributed by atoms with Gasteiger partial charge in [0.25, 0.3) is 5.89 Å². The first-order valence-electron chi connectivity index (χ1n) is 7.56. The molecule has 0 spiro atoms. The molecule has 3 rings (SSSR count). The summed E-state index contributed by atoms with van der Waals surface area (Å²) in [5.41, 5.74) is 1.52. The highest BCUT2D eigenvalue weighted by Gasteiger charge is 2.14. The highest BCUT2D eigenvalue weighted by molar-refractivity contribution is 9.10. The van der Waals surface area contributed by atoms with E-state index in [1.54, 1.807) is 30.6 Å². The van der Waals surface area contributed by atoms with E-state index in [0.29, 0.717) is 39.9 Å². The van der Waals surface area contributed by atoms with Gasteiger partial charge < -0.3 is 20.4 Å². The van der Waals surface area contributed by atoms with Crippen LogP contribution < -0.4 is 16.0 Å². The van der Waals surface area contributed by atoms with Gasteiger partial charge in [-0.15, -0.1) is 5.10 Å². The predicted octanol–water partition coefficient (Wildman–Crippen LogP) is 3.41. The van der Waals surface area contributed by atoms with Crippen LogP contribution in [0.25, 0.3) is 11.5 Å². The van der Waals surface area contributed by atoms with E-state index in [1.165, 1.54) is 6.07 Å². The molecule has 0 aliphatic rings. The first-order valence-corrected chi connectivity index (χ1v) is 8.35. The number of halogens is 2. The van der Waals surface area contributed by atoms with Crippen molar-refractivity contribution in [3.8, 4) is 11.5 Å². The molecule has 0 amide bonds. The van der Waals surface area contributed by atoms with Crippen LogP contribution in [0.1, 0.15) is 0 Å². The van der Waals surface area contributed by atoms with Crippen LogP contribution in [0.2, 0.25) is 0 Å². The number of hydrogen-bond acceptors (Lipinski definition) is 7. The Kier molecular flexibility index (Phi) is 5.56. The summed E-state index contributed by atoms with van der Waals surface area (Å²) in [6, 6.07) is 6.81. The van der Waals surface area contributed by atoms with Gasteiger partial charge in [0.2, 0.25) is 0 Å². The van der Waals surface area contributed by atoms with Crippen molar-refractivity contribution in [2.45, 2.75) is 0 Å². The average Bonchev–Trinajstić information content (AvgIpc) is 3.07. The molecule has 3 aromatic rings. The second kappa shape index (κ2) is 8.04. The Hall–Kier alpha value is -2.52. The number of anilines is 3. The molecule has 0 saturated heterocycles. The van der Waals surface area contributed by atoms with Gasteiger partial charge in [-0.2, -0.15) is 0 Å². The smallest absolute Gasteiger partial charge is 0.315 e. The molecule has 0 atom stereocenters. The summed E-state index contributed by atoms with van der Waals surface area (Å²) in [6.45, 7) is 1.42. The molecule has 130 valence electrons. The lowest BCUT2D eigenvalue weighted by Gasteiger charge is -2.10. The van der Waals surface area contributed by atoms with Gasteiger partial charge >= 0.3 is 6.01 Å². The fraction of sp³-hybridized carbons (Fsp3) is 0.188. The van der Waals surface area contributed by atoms with Crippen LogP contribution in [0.4, 0.5) is 21.8 Å². The van der Waals surface area contributed by atoms with Crippen LogP contribution in [0.15, 0.2) is 45.5 Å². The van der Waals surface area contributed by atoms with Crippen molar-refractivity contribution in [2.24, 2.45) is 0 Å². The molecule has 1 aromatic carbocycles. The number of nitrogens with one attached hydrogen (secondary N) is 3. The largest absolute Gasteiger partial charge is 0.403 e. The lowest BCUT2D eigenvalue weighted by atomic mass is 10.2. The number of benzene rings is 1. The van der Waals surface area contributed by atoms with E-state index in [9.17, 15) is 4.39 Å². The maximum Gasteiger partial charge on any atom is 0.315 e. The molecule has 2 aromatic heterocycles. The summed E-state index contributed by atoms with van der Waals surface area (Å²) in [4.78, 5) is 4.07. The third-order valence-corrected chi connectivity index (χ3v) is 3.82. The SMILES string of the molecule is CNCCNc1nnc(-c2ccncc2Nc2ccc(Br)cc2F)o1. The molecule has 0 saturated carbocycles. The number of nitrogens with zero attached hydrogens (tertiary/aromatic N) is 3. The van der Waals surface area contributed by atoms with Gasteiger partial charge in [0, 0.05) is 23.8 Å². The van der Waals surface area contributed by atoms with Gasteiger partial charge in [0.05, 0.1) is 23.1 Å². The quantitative estimate of drug-likeness (QED) is 0.518. The molecular formula is C16H16BrFN6O. The topological polar surface area (TPSA) is 87.9 Å². The molecule has 7 nitrogen and oxygen atoms in total. The Morgan fingerprint density at radius 3 is 2.84 bits per heavy atom. The molecule has 0 bridgehead atoms. The van der Waals surface area contributed by atoms with Gasteiger partial charge in [0.15, 0.2) is 0 Å². The van der Waals surface area contributed by atoms with Crippen molar-refractivity contribution >= 4 is 33.3 Å². The number of rotatable bonds is 7. The maximum absolute atomic E-state index is 14.1. The second-order valence-electron chi connectivity index (χ2n) is 5.11. The minimum absolute atomic E-state index is 0.314. The van der Waals surface area contributed by atoms with E-state index in [-0.39, 0.29) is 5.82 Å². The summed E-state index contributed by atoms with van der Waals surface area (Å²) in [5, 5.41) is 17.0. The fourth-order valence-corrected chi connectivity index (χ4v) is 2.45. The first kappa shape index (κ1) is 17.3. The first-order chi connectivity index (χ1) is 12.2. The van der Waals surface area contributed by atoms with Crippen molar-refractivity contribution in [2.75, 3.05) is 30.8 Å². The van der Waals surface area contributed by atoms with Crippen LogP contribution in [-0.2, 0) is 0 Å². The van der Waals surface area contributed by atoms with Crippen molar-refractivity contribution < 1.29 is 8.81 Å². The molecule has 0 aliphatic carbocycles. The average molecular weight is 407 g/mol. The van der Waals surface area contributed by atoms with Crippen LogP contribution in [-0.4, -0.2) is 35.3 Å². The Balaban J connectivity index is 1.83. The van der Waals surface area contributed by atoms with Crippen molar-refractivity contribution in [1.82, 2.24) is 20.5 Å². The summed E-state index contributed by atoms with van der Waals surface area (Å²) in [7, 11) is 1.86. The highest BCUT2D eigenvalue weighted by Crippen LogP contribution is 2.30. The van der Waals surface area contributed by atoms with Gasteiger partial charge in [-0.25, -0.2) is 4.39 Å². The standard InChI is InChI=1S/C16H16BrFN6O/c1-19-6-7-21-16-24-23-15(25-16)11-4-5-20-9-14(11)22-13-3-2-10(17)8-12(13)18/h2-5,8-9,19,22H,6-7H2,1H3,(H,21,24). The lowest BCUT2D eigenvalue weighted by molar-refractivity contribution is 0.580. The molecule has 0 fully saturated rings. The lowest BCUT2D eigenvalue weighted by Crippen LogP contribution is -2.17. The summed E-state index contributed by atoms with van der Waals surface area (Å²) in [6.07, 6.45) is 3.19. The zero-order chi connectivity index (χ0) is 17.6. The predicted molar refractivity (Wildman–Crippen MR) is 97.3 cm³/mol. The molecule has 0 aliphatic heterocycles. The molecule has 0 radical (unpaired) electrons. The third-order valence-electron chi connectivity index (χ3n) is 3.33. The van der Waals surface area contributed by atoms with E-state index in [1.807, 2.05) is 7.05 Å². The Morgan fingerprint density at radius 2 is 2.04 bits per heavy atom. The molecule has 0 unspecified atom stereocenters. The maximum atomic E-state index is 14.1. The van der Waals surface area contributed by atoms with E-state index < -0.39 is 0 Å². The van der Waals surface area contributed by atoms with Crippen LogP contribution in [0, 0.1) is 5.82 Å². The number of pyridine rings is 1. The third kappa shape index (κ3) is 4.31. The monoisotopic (exact) mass is 406 g/mol. The number of aromatic nitrogens is 3. The molecule has 9 heteroatoms. The molecular weight excluding hydrogens is 391 g/mol. The molecule has 25 heavy (non-hydrogen) atoms. The van der Waals surface area contributed by atoms with E-state index in [4.69, 9.17) is 4.42 Å². The molecule has 2 heterocycles. The summed E-state index contributed by atoms with van der Waals surface area (Å²) in [5.74, 6) is -0.0708. The van der Waals surface area contributed by atoms with Crippen molar-refractivity contribution in [3.05, 3.63) is 46.9 Å². The van der Waals surface area contributed by atoms with E-state index in [2.05, 4.69) is 47.1 Å². The van der Waals surface area contributed by atoms with Crippen LogP contribution >= 0.6 is 15.9 Å². The minimum Gasteiger partial charge on any atom is -0.403 e. The molecule has 3 N–H and O–H groups in total. The normalized spacial score (nSPS) is 10.7. The number of hydrogen-bond donors (Lipinski definition) is 3. The van der Waals surface area contributed by atoms with E-state index >= 15 is 0 Å². The highest BCUT2D eigenvalue weighted by atomic mass is 79.9. The van der Waals surface area contributed by atoms with E-state index in [0.717, 1.165) is 6.54 Å². The van der Waals surface area contributed by atoms with Gasteiger partial charge in [-0.1, -0.05) is 21.0 Å². The van der Waals surface area contributed by atoms with Crippen molar-refractivity contribution in [3.63, 3.8) is 0 Å². The van der Waals surface area contributed by atoms with Gasteiger partial charge in [-0.05, 0) is 31.3 Å². The van der Waals surface area contributed by atoms with Crippen LogP contribution in [0.5, 0.6) is 0 Å². The van der Waals surface area contributed by atoms with Crippen LogP contribution in [0.3, 0.4) is 0 Å². The Labute approximate surface area is 152 Å². The van der Waals surface area contributed by atoms with Gasteiger partial charge in [0.1, 0.15) is 5.82 Å². The second-order valence-corrected chi connectivity index (χ2v) is 6.03. The van der Waals surface area contributed by atoms with Gasteiger partial charge in [-0.3, -0.25) is 4.98 Å². The zero-order valence-electron chi connectivity index (χ0n) is 13.4. The number of likely N-dealkylation sites (N-methyl/N-ethyl adjacent to an activating group) is 1. The summed E-state index contributed by atoms with van der Waals surface area (Å²) >= 11 is 3.24. The zero-order valence-corrected chi connectivity index (χ0v) is 15.0.